The van der Waals surface area contributed by atoms with E-state index in [1.54, 1.807) is 0 Å². The number of alkyl halides is 5. The van der Waals surface area contributed by atoms with Crippen molar-refractivity contribution in [3.8, 4) is 0 Å². The van der Waals surface area contributed by atoms with Crippen molar-refractivity contribution in [3.05, 3.63) is 0 Å². The van der Waals surface area contributed by atoms with Gasteiger partial charge in [0.1, 0.15) is 0 Å². The van der Waals surface area contributed by atoms with Crippen molar-refractivity contribution in [1.29, 1.82) is 0 Å². The van der Waals surface area contributed by atoms with Gasteiger partial charge in [0.2, 0.25) is 5.85 Å². The average molecular weight is 288 g/mol. The molecule has 6 heteroatoms. The summed E-state index contributed by atoms with van der Waals surface area (Å²) in [5.74, 6) is -2.99. The van der Waals surface area contributed by atoms with Crippen molar-refractivity contribution in [2.75, 3.05) is 0 Å². The van der Waals surface area contributed by atoms with Crippen molar-refractivity contribution >= 4 is 0 Å². The number of ether oxygens (including phenoxy) is 1. The first-order chi connectivity index (χ1) is 8.06. The van der Waals surface area contributed by atoms with Crippen LogP contribution in [0.3, 0.4) is 0 Å². The molecular formula is C13H21F5O. The molecule has 1 saturated heterocycles. The SMILES string of the molecule is CC(C)(C)C1(F)CC(C(F)(F)F)OC1(F)C(C)(C)C. The zero-order chi connectivity index (χ0) is 15.5. The van der Waals surface area contributed by atoms with E-state index in [0.29, 0.717) is 0 Å². The molecule has 3 atom stereocenters. The van der Waals surface area contributed by atoms with Crippen LogP contribution in [-0.4, -0.2) is 23.8 Å². The number of rotatable bonds is 0. The highest BCUT2D eigenvalue weighted by Gasteiger charge is 2.74. The number of hydrogen-bond donors (Lipinski definition) is 0. The minimum absolute atomic E-state index is 1.02. The first-order valence-corrected chi connectivity index (χ1v) is 6.19. The third kappa shape index (κ3) is 2.36. The van der Waals surface area contributed by atoms with Gasteiger partial charge in [0.25, 0.3) is 0 Å². The van der Waals surface area contributed by atoms with Gasteiger partial charge in [0, 0.05) is 17.3 Å². The van der Waals surface area contributed by atoms with Crippen molar-refractivity contribution < 1.29 is 26.7 Å². The lowest BCUT2D eigenvalue weighted by molar-refractivity contribution is -0.302. The molecule has 0 spiro atoms. The fourth-order valence-electron chi connectivity index (χ4n) is 2.46. The lowest BCUT2D eigenvalue weighted by Crippen LogP contribution is -2.59. The van der Waals surface area contributed by atoms with Crippen LogP contribution < -0.4 is 0 Å². The summed E-state index contributed by atoms with van der Waals surface area (Å²) in [4.78, 5) is 0. The van der Waals surface area contributed by atoms with Crippen LogP contribution in [0.4, 0.5) is 22.0 Å². The predicted octanol–water partition coefficient (Wildman–Crippen LogP) is 4.80. The van der Waals surface area contributed by atoms with E-state index in [1.807, 2.05) is 0 Å². The molecule has 0 aromatic heterocycles. The summed E-state index contributed by atoms with van der Waals surface area (Å²) >= 11 is 0. The molecule has 1 nitrogen and oxygen atoms in total. The maximum Gasteiger partial charge on any atom is 0.414 e. The second-order valence-corrected chi connectivity index (χ2v) is 7.25. The van der Waals surface area contributed by atoms with Gasteiger partial charge in [-0.05, 0) is 0 Å². The zero-order valence-corrected chi connectivity index (χ0v) is 12.1. The van der Waals surface area contributed by atoms with Crippen LogP contribution in [0.2, 0.25) is 0 Å². The third-order valence-electron chi connectivity index (χ3n) is 3.80. The normalized spacial score (nSPS) is 37.7. The Hall–Kier alpha value is -0.390. The van der Waals surface area contributed by atoms with Gasteiger partial charge in [-0.1, -0.05) is 41.5 Å². The molecule has 0 saturated carbocycles. The average Bonchev–Trinajstić information content (AvgIpc) is 2.38. The van der Waals surface area contributed by atoms with Crippen LogP contribution in [0.1, 0.15) is 48.0 Å². The van der Waals surface area contributed by atoms with Gasteiger partial charge in [-0.25, -0.2) is 8.78 Å². The molecule has 19 heavy (non-hydrogen) atoms. The molecule has 1 heterocycles. The smallest absolute Gasteiger partial charge is 0.330 e. The molecule has 0 aliphatic carbocycles. The highest BCUT2D eigenvalue weighted by Crippen LogP contribution is 2.61. The van der Waals surface area contributed by atoms with Crippen LogP contribution in [0, 0.1) is 10.8 Å². The van der Waals surface area contributed by atoms with Gasteiger partial charge in [0.05, 0.1) is 0 Å². The Morgan fingerprint density at radius 2 is 1.32 bits per heavy atom. The Labute approximate surface area is 110 Å². The molecule has 0 aromatic carbocycles. The van der Waals surface area contributed by atoms with Gasteiger partial charge in [-0.15, -0.1) is 0 Å². The number of halogens is 5. The maximum atomic E-state index is 15.1. The summed E-state index contributed by atoms with van der Waals surface area (Å²) in [6, 6.07) is 0. The van der Waals surface area contributed by atoms with Crippen molar-refractivity contribution in [1.82, 2.24) is 0 Å². The zero-order valence-electron chi connectivity index (χ0n) is 12.1. The molecule has 0 radical (unpaired) electrons. The standard InChI is InChI=1S/C13H21F5O/c1-9(2,3)11(14)7-8(12(15,16)17)19-13(11,18)10(4,5)6/h8H,7H2,1-6H3. The first-order valence-electron chi connectivity index (χ1n) is 6.19. The summed E-state index contributed by atoms with van der Waals surface area (Å²) < 4.78 is 73.0. The van der Waals surface area contributed by atoms with Crippen LogP contribution in [0.25, 0.3) is 0 Å². The Morgan fingerprint density at radius 3 is 1.53 bits per heavy atom. The van der Waals surface area contributed by atoms with E-state index in [0.717, 1.165) is 0 Å². The van der Waals surface area contributed by atoms with E-state index in [-0.39, 0.29) is 0 Å². The Morgan fingerprint density at radius 1 is 0.895 bits per heavy atom. The summed E-state index contributed by atoms with van der Waals surface area (Å²) in [7, 11) is 0. The summed E-state index contributed by atoms with van der Waals surface area (Å²) in [6.45, 7) is 8.17. The van der Waals surface area contributed by atoms with E-state index in [2.05, 4.69) is 4.74 Å². The second kappa shape index (κ2) is 4.06. The fourth-order valence-corrected chi connectivity index (χ4v) is 2.46. The molecule has 0 N–H and O–H groups in total. The predicted molar refractivity (Wildman–Crippen MR) is 62.1 cm³/mol. The highest BCUT2D eigenvalue weighted by atomic mass is 19.4. The van der Waals surface area contributed by atoms with Gasteiger partial charge in [-0.3, -0.25) is 0 Å². The van der Waals surface area contributed by atoms with Gasteiger partial charge >= 0.3 is 6.18 Å². The monoisotopic (exact) mass is 288 g/mol. The lowest BCUT2D eigenvalue weighted by Gasteiger charge is -2.47. The van der Waals surface area contributed by atoms with E-state index in [1.165, 1.54) is 41.5 Å². The molecule has 0 amide bonds. The van der Waals surface area contributed by atoms with Gasteiger partial charge in [-0.2, -0.15) is 13.2 Å². The Kier molecular flexibility index (Phi) is 3.56. The largest absolute Gasteiger partial charge is 0.414 e. The van der Waals surface area contributed by atoms with Crippen molar-refractivity contribution in [2.45, 2.75) is 71.8 Å². The van der Waals surface area contributed by atoms with Crippen LogP contribution in [0.15, 0.2) is 0 Å². The minimum atomic E-state index is -4.78. The minimum Gasteiger partial charge on any atom is -0.330 e. The molecule has 114 valence electrons. The molecule has 1 fully saturated rings. The molecule has 3 unspecified atom stereocenters. The Balaban J connectivity index is 3.36. The maximum absolute atomic E-state index is 15.1. The van der Waals surface area contributed by atoms with Crippen molar-refractivity contribution in [2.24, 2.45) is 10.8 Å². The van der Waals surface area contributed by atoms with Crippen molar-refractivity contribution in [3.63, 3.8) is 0 Å². The summed E-state index contributed by atoms with van der Waals surface area (Å²) in [5.41, 5.74) is -5.43. The molecule has 1 rings (SSSR count). The topological polar surface area (TPSA) is 9.23 Å². The van der Waals surface area contributed by atoms with Crippen LogP contribution in [0.5, 0.6) is 0 Å². The quantitative estimate of drug-likeness (QED) is 0.582. The molecular weight excluding hydrogens is 267 g/mol. The summed E-state index contributed by atoms with van der Waals surface area (Å²) in [6.07, 6.45) is -8.21. The van der Waals surface area contributed by atoms with E-state index in [9.17, 15) is 13.2 Å². The third-order valence-corrected chi connectivity index (χ3v) is 3.80. The van der Waals surface area contributed by atoms with Gasteiger partial charge < -0.3 is 4.74 Å². The molecule has 0 bridgehead atoms. The fraction of sp³-hybridized carbons (Fsp3) is 1.00. The van der Waals surface area contributed by atoms with E-state index < -0.39 is 41.1 Å². The highest BCUT2D eigenvalue weighted by molar-refractivity contribution is 5.13. The van der Waals surface area contributed by atoms with E-state index in [4.69, 9.17) is 0 Å². The second-order valence-electron chi connectivity index (χ2n) is 7.25. The molecule has 1 aliphatic rings. The number of hydrogen-bond acceptors (Lipinski definition) is 1. The Bertz CT molecular complexity index is 324. The van der Waals surface area contributed by atoms with Gasteiger partial charge in [0.15, 0.2) is 11.8 Å². The van der Waals surface area contributed by atoms with Crippen LogP contribution in [-0.2, 0) is 4.74 Å². The van der Waals surface area contributed by atoms with E-state index >= 15 is 8.78 Å². The molecule has 0 aromatic rings. The molecule has 1 aliphatic heterocycles. The lowest BCUT2D eigenvalue weighted by atomic mass is 9.65. The summed E-state index contributed by atoms with van der Waals surface area (Å²) in [5, 5.41) is 0. The van der Waals surface area contributed by atoms with Crippen LogP contribution >= 0.6 is 0 Å². The first kappa shape index (κ1) is 16.7.